The maximum absolute atomic E-state index is 11.0. The molecule has 3 nitrogen and oxygen atoms in total. The summed E-state index contributed by atoms with van der Waals surface area (Å²) in [7, 11) is 0. The number of carbonyl (C=O) groups is 1. The molecule has 0 fully saturated rings. The van der Waals surface area contributed by atoms with E-state index in [9.17, 15) is 4.79 Å². The molecule has 0 saturated heterocycles. The van der Waals surface area contributed by atoms with Crippen molar-refractivity contribution in [2.45, 2.75) is 13.8 Å². The van der Waals surface area contributed by atoms with Crippen molar-refractivity contribution in [2.24, 2.45) is 5.92 Å². The maximum atomic E-state index is 11.0. The number of hydrogen-bond donors (Lipinski definition) is 1. The van der Waals surface area contributed by atoms with Gasteiger partial charge in [0.25, 0.3) is 0 Å². The fraction of sp³-hybridized carbons (Fsp3) is 0.667. The number of terminal acetylenes is 1. The molecule has 0 aromatic carbocycles. The molecule has 0 amide bonds. The highest BCUT2D eigenvalue weighted by atomic mass is 16.5. The van der Waals surface area contributed by atoms with Crippen LogP contribution in [0.15, 0.2) is 0 Å². The first-order chi connectivity index (χ1) is 5.72. The van der Waals surface area contributed by atoms with Gasteiger partial charge in [0.15, 0.2) is 0 Å². The largest absolute Gasteiger partial charge is 0.466 e. The number of rotatable bonds is 5. The summed E-state index contributed by atoms with van der Waals surface area (Å²) in [5.74, 6) is 2.13. The van der Waals surface area contributed by atoms with Crippen molar-refractivity contribution >= 4 is 5.97 Å². The Balaban J connectivity index is 3.51. The number of nitrogens with one attached hydrogen (secondary N) is 1. The zero-order chi connectivity index (χ0) is 9.40. The maximum Gasteiger partial charge on any atom is 0.309 e. The molecule has 0 rings (SSSR count). The normalized spacial score (nSPS) is 11.8. The van der Waals surface area contributed by atoms with E-state index in [4.69, 9.17) is 11.2 Å². The minimum atomic E-state index is -0.179. The Labute approximate surface area is 73.5 Å². The molecule has 1 unspecified atom stereocenters. The molecule has 68 valence electrons. The van der Waals surface area contributed by atoms with Crippen LogP contribution in [0.2, 0.25) is 0 Å². The summed E-state index contributed by atoms with van der Waals surface area (Å²) in [6.07, 6.45) is 5.02. The Bertz CT molecular complexity index is 172. The first-order valence-electron chi connectivity index (χ1n) is 4.03. The van der Waals surface area contributed by atoms with Gasteiger partial charge in [0.05, 0.1) is 19.1 Å². The van der Waals surface area contributed by atoms with Crippen LogP contribution in [-0.4, -0.2) is 25.7 Å². The molecule has 3 heteroatoms. The van der Waals surface area contributed by atoms with Gasteiger partial charge in [-0.25, -0.2) is 0 Å². The van der Waals surface area contributed by atoms with Crippen molar-refractivity contribution in [3.05, 3.63) is 0 Å². The topological polar surface area (TPSA) is 38.3 Å². The van der Waals surface area contributed by atoms with Gasteiger partial charge in [-0.3, -0.25) is 4.79 Å². The van der Waals surface area contributed by atoms with E-state index < -0.39 is 0 Å². The van der Waals surface area contributed by atoms with Gasteiger partial charge >= 0.3 is 5.97 Å². The lowest BCUT2D eigenvalue weighted by Crippen LogP contribution is -2.28. The van der Waals surface area contributed by atoms with Gasteiger partial charge in [0.1, 0.15) is 0 Å². The van der Waals surface area contributed by atoms with Crippen LogP contribution in [0.3, 0.4) is 0 Å². The summed E-state index contributed by atoms with van der Waals surface area (Å²) in [6, 6.07) is 0. The smallest absolute Gasteiger partial charge is 0.309 e. The molecule has 0 spiro atoms. The highest BCUT2D eigenvalue weighted by Gasteiger charge is 2.12. The van der Waals surface area contributed by atoms with E-state index in [0.29, 0.717) is 19.7 Å². The summed E-state index contributed by atoms with van der Waals surface area (Å²) in [4.78, 5) is 11.0. The van der Waals surface area contributed by atoms with Gasteiger partial charge < -0.3 is 10.1 Å². The molecule has 1 atom stereocenters. The third-order valence-corrected chi connectivity index (χ3v) is 1.37. The molecule has 0 bridgehead atoms. The number of ether oxygens (including phenoxy) is 1. The standard InChI is InChI=1S/C9H15NO2/c1-4-6-10-7-8(3)9(11)12-5-2/h1,8,10H,5-7H2,2-3H3. The second kappa shape index (κ2) is 6.68. The van der Waals surface area contributed by atoms with Crippen LogP contribution in [-0.2, 0) is 9.53 Å². The lowest BCUT2D eigenvalue weighted by atomic mass is 10.2. The van der Waals surface area contributed by atoms with Gasteiger partial charge in [-0.2, -0.15) is 0 Å². The van der Waals surface area contributed by atoms with E-state index in [-0.39, 0.29) is 11.9 Å². The van der Waals surface area contributed by atoms with Gasteiger partial charge in [-0.15, -0.1) is 6.42 Å². The van der Waals surface area contributed by atoms with Crippen LogP contribution in [0.4, 0.5) is 0 Å². The highest BCUT2D eigenvalue weighted by molar-refractivity contribution is 5.72. The number of esters is 1. The first kappa shape index (κ1) is 11.0. The Morgan fingerprint density at radius 2 is 2.42 bits per heavy atom. The van der Waals surface area contributed by atoms with Crippen molar-refractivity contribution in [1.82, 2.24) is 5.32 Å². The van der Waals surface area contributed by atoms with Gasteiger partial charge in [-0.05, 0) is 6.92 Å². The molecule has 0 radical (unpaired) electrons. The van der Waals surface area contributed by atoms with Gasteiger partial charge in [0, 0.05) is 6.54 Å². The summed E-state index contributed by atoms with van der Waals surface area (Å²) in [6.45, 7) is 5.09. The zero-order valence-electron chi connectivity index (χ0n) is 7.59. The predicted molar refractivity (Wildman–Crippen MR) is 47.5 cm³/mol. The highest BCUT2D eigenvalue weighted by Crippen LogP contribution is 1.95. The quantitative estimate of drug-likeness (QED) is 0.368. The van der Waals surface area contributed by atoms with Crippen molar-refractivity contribution < 1.29 is 9.53 Å². The van der Waals surface area contributed by atoms with E-state index in [2.05, 4.69) is 11.2 Å². The Morgan fingerprint density at radius 3 is 2.92 bits per heavy atom. The van der Waals surface area contributed by atoms with Crippen molar-refractivity contribution in [1.29, 1.82) is 0 Å². The Hall–Kier alpha value is -1.01. The summed E-state index contributed by atoms with van der Waals surface area (Å²) >= 11 is 0. The summed E-state index contributed by atoms with van der Waals surface area (Å²) in [5, 5.41) is 2.94. The van der Waals surface area contributed by atoms with E-state index in [0.717, 1.165) is 0 Å². The molecule has 12 heavy (non-hydrogen) atoms. The molecule has 0 aromatic heterocycles. The Morgan fingerprint density at radius 1 is 1.75 bits per heavy atom. The zero-order valence-corrected chi connectivity index (χ0v) is 7.59. The first-order valence-corrected chi connectivity index (χ1v) is 4.03. The number of carbonyl (C=O) groups excluding carboxylic acids is 1. The number of hydrogen-bond acceptors (Lipinski definition) is 3. The average molecular weight is 169 g/mol. The van der Waals surface area contributed by atoms with Crippen LogP contribution in [0.5, 0.6) is 0 Å². The SMILES string of the molecule is C#CCNCC(C)C(=O)OCC. The van der Waals surface area contributed by atoms with Crippen LogP contribution in [0.25, 0.3) is 0 Å². The molecule has 0 aliphatic heterocycles. The molecular formula is C9H15NO2. The molecule has 0 aliphatic carbocycles. The van der Waals surface area contributed by atoms with Crippen molar-refractivity contribution in [3.8, 4) is 12.3 Å². The van der Waals surface area contributed by atoms with Gasteiger partial charge in [-0.1, -0.05) is 12.8 Å². The Kier molecular flexibility index (Phi) is 6.12. The lowest BCUT2D eigenvalue weighted by molar-refractivity contribution is -0.147. The van der Waals surface area contributed by atoms with Crippen LogP contribution < -0.4 is 5.32 Å². The molecule has 0 aliphatic rings. The van der Waals surface area contributed by atoms with Crippen LogP contribution in [0, 0.1) is 18.3 Å². The van der Waals surface area contributed by atoms with Crippen LogP contribution in [0.1, 0.15) is 13.8 Å². The second-order valence-corrected chi connectivity index (χ2v) is 2.49. The van der Waals surface area contributed by atoms with Crippen molar-refractivity contribution in [2.75, 3.05) is 19.7 Å². The predicted octanol–water partition coefficient (Wildman–Crippen LogP) is 0.408. The van der Waals surface area contributed by atoms with E-state index >= 15 is 0 Å². The fourth-order valence-electron chi connectivity index (χ4n) is 0.729. The molecule has 0 heterocycles. The van der Waals surface area contributed by atoms with E-state index in [1.165, 1.54) is 0 Å². The molecule has 0 saturated carbocycles. The third kappa shape index (κ3) is 4.75. The third-order valence-electron chi connectivity index (χ3n) is 1.37. The molecule has 1 N–H and O–H groups in total. The molecule has 0 aromatic rings. The van der Waals surface area contributed by atoms with Crippen LogP contribution >= 0.6 is 0 Å². The molecular weight excluding hydrogens is 154 g/mol. The monoisotopic (exact) mass is 169 g/mol. The average Bonchev–Trinajstić information content (AvgIpc) is 2.05. The lowest BCUT2D eigenvalue weighted by Gasteiger charge is -2.09. The van der Waals surface area contributed by atoms with Gasteiger partial charge in [0.2, 0.25) is 0 Å². The van der Waals surface area contributed by atoms with Crippen molar-refractivity contribution in [3.63, 3.8) is 0 Å². The minimum absolute atomic E-state index is 0.127. The summed E-state index contributed by atoms with van der Waals surface area (Å²) in [5.41, 5.74) is 0. The van der Waals surface area contributed by atoms with E-state index in [1.54, 1.807) is 6.92 Å². The minimum Gasteiger partial charge on any atom is -0.466 e. The summed E-state index contributed by atoms with van der Waals surface area (Å²) < 4.78 is 4.80. The fourth-order valence-corrected chi connectivity index (χ4v) is 0.729. The van der Waals surface area contributed by atoms with E-state index in [1.807, 2.05) is 6.92 Å². The second-order valence-electron chi connectivity index (χ2n) is 2.49.